The Labute approximate surface area is 134 Å². The van der Waals surface area contributed by atoms with E-state index in [0.717, 1.165) is 52.1 Å². The van der Waals surface area contributed by atoms with Gasteiger partial charge >= 0.3 is 0 Å². The molecule has 0 atom stereocenters. The number of rotatable bonds is 5. The minimum Gasteiger partial charge on any atom is -0.342 e. The molecule has 2 heterocycles. The second kappa shape index (κ2) is 8.26. The highest BCUT2D eigenvalue weighted by atomic mass is 32.2. The van der Waals surface area contributed by atoms with Gasteiger partial charge in [0, 0.05) is 52.1 Å². The second-order valence-electron chi connectivity index (χ2n) is 6.54. The fourth-order valence-corrected chi connectivity index (χ4v) is 3.67. The SMILES string of the molecule is CS(=O)(=O)CCN1CCN(CC(=O)N2CCCCCC2)CC1. The number of hydrogen-bond donors (Lipinski definition) is 0. The summed E-state index contributed by atoms with van der Waals surface area (Å²) < 4.78 is 22.4. The average Bonchev–Trinajstić information content (AvgIpc) is 2.75. The van der Waals surface area contributed by atoms with Gasteiger partial charge in [-0.2, -0.15) is 0 Å². The maximum atomic E-state index is 12.3. The summed E-state index contributed by atoms with van der Waals surface area (Å²) in [6, 6.07) is 0. The number of carbonyl (C=O) groups excluding carboxylic acids is 1. The van der Waals surface area contributed by atoms with E-state index in [1.165, 1.54) is 19.1 Å². The molecule has 0 N–H and O–H groups in total. The van der Waals surface area contributed by atoms with Crippen LogP contribution in [-0.2, 0) is 14.6 Å². The summed E-state index contributed by atoms with van der Waals surface area (Å²) in [4.78, 5) is 18.7. The minimum absolute atomic E-state index is 0.222. The summed E-state index contributed by atoms with van der Waals surface area (Å²) in [5.74, 6) is 0.478. The number of piperazine rings is 1. The minimum atomic E-state index is -2.89. The highest BCUT2D eigenvalue weighted by molar-refractivity contribution is 7.90. The molecule has 2 fully saturated rings. The van der Waals surface area contributed by atoms with E-state index in [1.807, 2.05) is 4.90 Å². The van der Waals surface area contributed by atoms with Gasteiger partial charge in [-0.05, 0) is 12.8 Å². The van der Waals surface area contributed by atoms with Gasteiger partial charge in [-0.3, -0.25) is 14.6 Å². The van der Waals surface area contributed by atoms with Crippen molar-refractivity contribution in [1.82, 2.24) is 14.7 Å². The first kappa shape index (κ1) is 17.7. The molecule has 0 aromatic carbocycles. The first-order valence-electron chi connectivity index (χ1n) is 8.34. The smallest absolute Gasteiger partial charge is 0.236 e. The predicted octanol–water partition coefficient (Wildman–Crippen LogP) is 0.0512. The first-order valence-corrected chi connectivity index (χ1v) is 10.4. The molecule has 0 bridgehead atoms. The van der Waals surface area contributed by atoms with Gasteiger partial charge in [0.05, 0.1) is 12.3 Å². The van der Waals surface area contributed by atoms with Crippen molar-refractivity contribution in [2.24, 2.45) is 0 Å². The molecule has 22 heavy (non-hydrogen) atoms. The summed E-state index contributed by atoms with van der Waals surface area (Å²) >= 11 is 0. The van der Waals surface area contributed by atoms with E-state index in [1.54, 1.807) is 0 Å². The Morgan fingerprint density at radius 1 is 0.864 bits per heavy atom. The summed E-state index contributed by atoms with van der Waals surface area (Å²) in [6.45, 7) is 6.34. The zero-order valence-corrected chi connectivity index (χ0v) is 14.5. The Morgan fingerprint density at radius 3 is 1.95 bits per heavy atom. The molecule has 128 valence electrons. The molecular weight excluding hydrogens is 302 g/mol. The molecule has 0 radical (unpaired) electrons. The molecule has 2 aliphatic heterocycles. The Hall–Kier alpha value is -0.660. The summed E-state index contributed by atoms with van der Waals surface area (Å²) in [5.41, 5.74) is 0. The lowest BCUT2D eigenvalue weighted by molar-refractivity contribution is -0.132. The van der Waals surface area contributed by atoms with Crippen LogP contribution in [-0.4, -0.2) is 93.4 Å². The standard InChI is InChI=1S/C15H29N3O3S/c1-22(20,21)13-12-16-8-10-17(11-9-16)14-15(19)18-6-4-2-3-5-7-18/h2-14H2,1H3. The third-order valence-electron chi connectivity index (χ3n) is 4.56. The van der Waals surface area contributed by atoms with Crippen LogP contribution in [0.2, 0.25) is 0 Å². The van der Waals surface area contributed by atoms with Crippen molar-refractivity contribution in [1.29, 1.82) is 0 Å². The lowest BCUT2D eigenvalue weighted by Gasteiger charge is -2.35. The summed E-state index contributed by atoms with van der Waals surface area (Å²) in [7, 11) is -2.89. The van der Waals surface area contributed by atoms with Crippen LogP contribution in [0.25, 0.3) is 0 Å². The van der Waals surface area contributed by atoms with Gasteiger partial charge in [0.25, 0.3) is 0 Å². The van der Waals surface area contributed by atoms with Crippen LogP contribution in [0.4, 0.5) is 0 Å². The third kappa shape index (κ3) is 6.22. The lowest BCUT2D eigenvalue weighted by atomic mass is 10.2. The van der Waals surface area contributed by atoms with Crippen LogP contribution < -0.4 is 0 Å². The molecule has 0 spiro atoms. The molecule has 0 aromatic rings. The molecule has 0 saturated carbocycles. The van der Waals surface area contributed by atoms with E-state index in [-0.39, 0.29) is 11.7 Å². The molecule has 0 aliphatic carbocycles. The molecule has 7 heteroatoms. The van der Waals surface area contributed by atoms with E-state index in [2.05, 4.69) is 9.80 Å². The monoisotopic (exact) mass is 331 g/mol. The van der Waals surface area contributed by atoms with Crippen LogP contribution in [0.1, 0.15) is 25.7 Å². The fourth-order valence-electron chi connectivity index (χ4n) is 3.08. The molecule has 6 nitrogen and oxygen atoms in total. The first-order chi connectivity index (χ1) is 10.4. The Bertz CT molecular complexity index is 451. The highest BCUT2D eigenvalue weighted by Crippen LogP contribution is 2.11. The van der Waals surface area contributed by atoms with E-state index in [4.69, 9.17) is 0 Å². The highest BCUT2D eigenvalue weighted by Gasteiger charge is 2.22. The largest absolute Gasteiger partial charge is 0.342 e. The number of likely N-dealkylation sites (tertiary alicyclic amines) is 1. The molecule has 2 rings (SSSR count). The van der Waals surface area contributed by atoms with Crippen molar-refractivity contribution in [3.63, 3.8) is 0 Å². The molecule has 2 saturated heterocycles. The van der Waals surface area contributed by atoms with Crippen molar-refractivity contribution >= 4 is 15.7 Å². The Morgan fingerprint density at radius 2 is 1.41 bits per heavy atom. The summed E-state index contributed by atoms with van der Waals surface area (Å²) in [6.07, 6.45) is 6.02. The quantitative estimate of drug-likeness (QED) is 0.712. The second-order valence-corrected chi connectivity index (χ2v) is 8.80. The van der Waals surface area contributed by atoms with Gasteiger partial charge in [0.2, 0.25) is 5.91 Å². The summed E-state index contributed by atoms with van der Waals surface area (Å²) in [5, 5.41) is 0. The van der Waals surface area contributed by atoms with Crippen LogP contribution in [0.3, 0.4) is 0 Å². The lowest BCUT2D eigenvalue weighted by Crippen LogP contribution is -2.50. The van der Waals surface area contributed by atoms with Crippen LogP contribution >= 0.6 is 0 Å². The molecule has 1 amide bonds. The van der Waals surface area contributed by atoms with Crippen molar-refractivity contribution in [2.45, 2.75) is 25.7 Å². The number of nitrogens with zero attached hydrogens (tertiary/aromatic N) is 3. The van der Waals surface area contributed by atoms with E-state index < -0.39 is 9.84 Å². The number of sulfone groups is 1. The van der Waals surface area contributed by atoms with Gasteiger partial charge < -0.3 is 4.90 Å². The van der Waals surface area contributed by atoms with Crippen LogP contribution in [0.5, 0.6) is 0 Å². The third-order valence-corrected chi connectivity index (χ3v) is 5.49. The normalized spacial score (nSPS) is 22.5. The van der Waals surface area contributed by atoms with E-state index in [0.29, 0.717) is 13.1 Å². The fraction of sp³-hybridized carbons (Fsp3) is 0.933. The van der Waals surface area contributed by atoms with E-state index >= 15 is 0 Å². The molecule has 0 unspecified atom stereocenters. The number of carbonyl (C=O) groups is 1. The van der Waals surface area contributed by atoms with Crippen LogP contribution in [0.15, 0.2) is 0 Å². The average molecular weight is 331 g/mol. The van der Waals surface area contributed by atoms with Gasteiger partial charge in [0.1, 0.15) is 9.84 Å². The predicted molar refractivity (Wildman–Crippen MR) is 87.6 cm³/mol. The molecule has 0 aromatic heterocycles. The van der Waals surface area contributed by atoms with Crippen molar-refractivity contribution in [3.8, 4) is 0 Å². The van der Waals surface area contributed by atoms with Crippen molar-refractivity contribution in [3.05, 3.63) is 0 Å². The van der Waals surface area contributed by atoms with E-state index in [9.17, 15) is 13.2 Å². The zero-order valence-electron chi connectivity index (χ0n) is 13.7. The Balaban J connectivity index is 1.69. The van der Waals surface area contributed by atoms with Gasteiger partial charge in [-0.15, -0.1) is 0 Å². The maximum Gasteiger partial charge on any atom is 0.236 e. The van der Waals surface area contributed by atoms with Gasteiger partial charge in [-0.1, -0.05) is 12.8 Å². The van der Waals surface area contributed by atoms with Crippen LogP contribution in [0, 0.1) is 0 Å². The van der Waals surface area contributed by atoms with Crippen molar-refractivity contribution in [2.75, 3.05) is 64.4 Å². The van der Waals surface area contributed by atoms with Gasteiger partial charge in [-0.25, -0.2) is 8.42 Å². The molecule has 2 aliphatic rings. The van der Waals surface area contributed by atoms with Crippen molar-refractivity contribution < 1.29 is 13.2 Å². The number of hydrogen-bond acceptors (Lipinski definition) is 5. The maximum absolute atomic E-state index is 12.3. The Kier molecular flexibility index (Phi) is 6.65. The number of amides is 1. The zero-order chi connectivity index (χ0) is 16.0. The molecular formula is C15H29N3O3S. The topological polar surface area (TPSA) is 60.9 Å². The van der Waals surface area contributed by atoms with Gasteiger partial charge in [0.15, 0.2) is 0 Å².